The highest BCUT2D eigenvalue weighted by molar-refractivity contribution is 6.30. The Labute approximate surface area is 102 Å². The number of benzene rings is 1. The van der Waals surface area contributed by atoms with Crippen LogP contribution in [0.4, 0.5) is 0 Å². The highest BCUT2D eigenvalue weighted by Crippen LogP contribution is 2.19. The second-order valence-corrected chi connectivity index (χ2v) is 4.86. The third-order valence-corrected chi connectivity index (χ3v) is 2.82. The molecule has 0 aromatic heterocycles. The van der Waals surface area contributed by atoms with Crippen molar-refractivity contribution in [2.75, 3.05) is 0 Å². The van der Waals surface area contributed by atoms with Crippen LogP contribution in [0.3, 0.4) is 0 Å². The van der Waals surface area contributed by atoms with Gasteiger partial charge in [-0.05, 0) is 38.8 Å². The molecule has 1 aromatic carbocycles. The predicted molar refractivity (Wildman–Crippen MR) is 67.8 cm³/mol. The van der Waals surface area contributed by atoms with Gasteiger partial charge >= 0.3 is 0 Å². The van der Waals surface area contributed by atoms with Gasteiger partial charge < -0.3 is 5.32 Å². The van der Waals surface area contributed by atoms with Crippen LogP contribution in [0.5, 0.6) is 0 Å². The van der Waals surface area contributed by atoms with Crippen LogP contribution in [0.15, 0.2) is 18.2 Å². The number of halogens is 1. The van der Waals surface area contributed by atoms with Crippen LogP contribution in [0.2, 0.25) is 0 Å². The standard InChI is InChI=1S/C13H18ClNO/c1-8-5-6-9(2)12(7-8)11(4)15-13(16)10(3)14/h5-7,10-11H,1-4H3,(H,15,16). The molecule has 0 bridgehead atoms. The topological polar surface area (TPSA) is 29.1 Å². The fourth-order valence-corrected chi connectivity index (χ4v) is 1.70. The van der Waals surface area contributed by atoms with E-state index in [1.165, 1.54) is 11.1 Å². The minimum absolute atomic E-state index is 0.00593. The Hall–Kier alpha value is -1.02. The molecule has 0 fully saturated rings. The first-order valence-electron chi connectivity index (χ1n) is 5.43. The quantitative estimate of drug-likeness (QED) is 0.807. The molecule has 1 N–H and O–H groups in total. The number of alkyl halides is 1. The number of aryl methyl sites for hydroxylation is 2. The Bertz CT molecular complexity index is 388. The van der Waals surface area contributed by atoms with Crippen LogP contribution in [-0.4, -0.2) is 11.3 Å². The summed E-state index contributed by atoms with van der Waals surface area (Å²) in [6, 6.07) is 6.22. The van der Waals surface area contributed by atoms with Crippen LogP contribution in [0, 0.1) is 13.8 Å². The molecule has 0 spiro atoms. The van der Waals surface area contributed by atoms with Crippen molar-refractivity contribution < 1.29 is 4.79 Å². The van der Waals surface area contributed by atoms with Crippen LogP contribution in [0.25, 0.3) is 0 Å². The number of hydrogen-bond donors (Lipinski definition) is 1. The van der Waals surface area contributed by atoms with E-state index in [4.69, 9.17) is 11.6 Å². The summed E-state index contributed by atoms with van der Waals surface area (Å²) in [5, 5.41) is 2.40. The van der Waals surface area contributed by atoms with E-state index < -0.39 is 5.38 Å². The number of hydrogen-bond acceptors (Lipinski definition) is 1. The molecule has 0 saturated heterocycles. The summed E-state index contributed by atoms with van der Waals surface area (Å²) in [6.45, 7) is 7.73. The average molecular weight is 240 g/mol. The molecular formula is C13H18ClNO. The maximum Gasteiger partial charge on any atom is 0.238 e. The summed E-state index contributed by atoms with van der Waals surface area (Å²) >= 11 is 5.72. The van der Waals surface area contributed by atoms with Gasteiger partial charge in [-0.15, -0.1) is 11.6 Å². The van der Waals surface area contributed by atoms with Crippen molar-refractivity contribution in [2.24, 2.45) is 0 Å². The number of rotatable bonds is 3. The van der Waals surface area contributed by atoms with Crippen molar-refractivity contribution in [3.63, 3.8) is 0 Å². The van der Waals surface area contributed by atoms with Gasteiger partial charge in [-0.1, -0.05) is 23.8 Å². The van der Waals surface area contributed by atoms with E-state index >= 15 is 0 Å². The van der Waals surface area contributed by atoms with Gasteiger partial charge in [0.05, 0.1) is 6.04 Å². The van der Waals surface area contributed by atoms with Crippen molar-refractivity contribution in [3.8, 4) is 0 Å². The first-order valence-corrected chi connectivity index (χ1v) is 5.87. The van der Waals surface area contributed by atoms with Crippen LogP contribution < -0.4 is 5.32 Å². The van der Waals surface area contributed by atoms with Crippen molar-refractivity contribution >= 4 is 17.5 Å². The molecule has 0 aliphatic carbocycles. The summed E-state index contributed by atoms with van der Waals surface area (Å²) in [5.41, 5.74) is 3.52. The smallest absolute Gasteiger partial charge is 0.238 e. The van der Waals surface area contributed by atoms with Gasteiger partial charge in [-0.25, -0.2) is 0 Å². The molecule has 2 atom stereocenters. The molecule has 16 heavy (non-hydrogen) atoms. The summed E-state index contributed by atoms with van der Waals surface area (Å²) in [7, 11) is 0. The number of amides is 1. The lowest BCUT2D eigenvalue weighted by molar-refractivity contribution is -0.121. The maximum absolute atomic E-state index is 11.5. The number of nitrogens with one attached hydrogen (secondary N) is 1. The van der Waals surface area contributed by atoms with Crippen molar-refractivity contribution in [2.45, 2.75) is 39.1 Å². The average Bonchev–Trinajstić information content (AvgIpc) is 2.21. The highest BCUT2D eigenvalue weighted by atomic mass is 35.5. The zero-order valence-electron chi connectivity index (χ0n) is 10.2. The number of carbonyl (C=O) groups is 1. The third-order valence-electron chi connectivity index (χ3n) is 2.62. The molecule has 1 aromatic rings. The Morgan fingerprint density at radius 2 is 1.94 bits per heavy atom. The zero-order chi connectivity index (χ0) is 12.3. The molecule has 88 valence electrons. The third kappa shape index (κ3) is 3.24. The van der Waals surface area contributed by atoms with Gasteiger partial charge in [0.2, 0.25) is 5.91 Å². The summed E-state index contributed by atoms with van der Waals surface area (Å²) in [5.74, 6) is -0.130. The SMILES string of the molecule is Cc1ccc(C)c(C(C)NC(=O)C(C)Cl)c1. The van der Waals surface area contributed by atoms with Gasteiger partial charge in [-0.3, -0.25) is 4.79 Å². The van der Waals surface area contributed by atoms with E-state index in [9.17, 15) is 4.79 Å². The summed E-state index contributed by atoms with van der Waals surface area (Å²) in [4.78, 5) is 11.5. The Kier molecular flexibility index (Phi) is 4.36. The molecule has 0 heterocycles. The van der Waals surface area contributed by atoms with Gasteiger partial charge in [0, 0.05) is 0 Å². The normalized spacial score (nSPS) is 14.3. The van der Waals surface area contributed by atoms with Crippen molar-refractivity contribution in [1.82, 2.24) is 5.32 Å². The molecule has 2 nitrogen and oxygen atoms in total. The van der Waals surface area contributed by atoms with Gasteiger partial charge in [0.25, 0.3) is 0 Å². The minimum Gasteiger partial charge on any atom is -0.348 e. The van der Waals surface area contributed by atoms with Gasteiger partial charge in [-0.2, -0.15) is 0 Å². The van der Waals surface area contributed by atoms with E-state index in [0.29, 0.717) is 0 Å². The molecule has 0 aliphatic rings. The van der Waals surface area contributed by atoms with Crippen molar-refractivity contribution in [3.05, 3.63) is 34.9 Å². The molecule has 1 amide bonds. The monoisotopic (exact) mass is 239 g/mol. The Morgan fingerprint density at radius 3 is 2.50 bits per heavy atom. The highest BCUT2D eigenvalue weighted by Gasteiger charge is 2.14. The molecule has 0 saturated carbocycles. The first-order chi connectivity index (χ1) is 7.41. The van der Waals surface area contributed by atoms with Crippen LogP contribution in [0.1, 0.15) is 36.6 Å². The van der Waals surface area contributed by atoms with Crippen LogP contribution >= 0.6 is 11.6 Å². The zero-order valence-corrected chi connectivity index (χ0v) is 10.9. The molecule has 0 aliphatic heterocycles. The number of carbonyl (C=O) groups excluding carboxylic acids is 1. The molecule has 3 heteroatoms. The van der Waals surface area contributed by atoms with E-state index in [1.54, 1.807) is 6.92 Å². The lowest BCUT2D eigenvalue weighted by atomic mass is 10.00. The Balaban J connectivity index is 2.84. The first kappa shape index (κ1) is 13.0. The lowest BCUT2D eigenvalue weighted by Gasteiger charge is -2.18. The fourth-order valence-electron chi connectivity index (χ4n) is 1.63. The predicted octanol–water partition coefficient (Wildman–Crippen LogP) is 3.11. The van der Waals surface area contributed by atoms with Crippen molar-refractivity contribution in [1.29, 1.82) is 0 Å². The summed E-state index contributed by atoms with van der Waals surface area (Å²) < 4.78 is 0. The van der Waals surface area contributed by atoms with E-state index in [0.717, 1.165) is 5.56 Å². The van der Waals surface area contributed by atoms with Gasteiger partial charge in [0.1, 0.15) is 5.38 Å². The molecule has 2 unspecified atom stereocenters. The fraction of sp³-hybridized carbons (Fsp3) is 0.462. The summed E-state index contributed by atoms with van der Waals surface area (Å²) in [6.07, 6.45) is 0. The van der Waals surface area contributed by atoms with Gasteiger partial charge in [0.15, 0.2) is 0 Å². The second kappa shape index (κ2) is 5.35. The second-order valence-electron chi connectivity index (χ2n) is 4.21. The largest absolute Gasteiger partial charge is 0.348 e. The Morgan fingerprint density at radius 1 is 1.31 bits per heavy atom. The van der Waals surface area contributed by atoms with E-state index in [1.807, 2.05) is 20.8 Å². The molecular weight excluding hydrogens is 222 g/mol. The minimum atomic E-state index is -0.493. The lowest BCUT2D eigenvalue weighted by Crippen LogP contribution is -2.32. The van der Waals surface area contributed by atoms with E-state index in [-0.39, 0.29) is 11.9 Å². The molecule has 1 rings (SSSR count). The van der Waals surface area contributed by atoms with Crippen LogP contribution in [-0.2, 0) is 4.79 Å². The molecule has 0 radical (unpaired) electrons. The maximum atomic E-state index is 11.5. The van der Waals surface area contributed by atoms with E-state index in [2.05, 4.69) is 23.5 Å².